The molecular weight excluding hydrogens is 226 g/mol. The molecule has 0 fully saturated rings. The molecule has 4 nitrogen and oxygen atoms in total. The maximum absolute atomic E-state index is 5.36. The number of benzene rings is 1. The fourth-order valence-electron chi connectivity index (χ4n) is 2.26. The van der Waals surface area contributed by atoms with E-state index in [2.05, 4.69) is 53.6 Å². The number of hydrogen-bond donors (Lipinski definition) is 1. The zero-order chi connectivity index (χ0) is 12.5. The lowest BCUT2D eigenvalue weighted by atomic mass is 9.77. The number of nitrogens with one attached hydrogen (secondary N) is 1. The fraction of sp³-hybridized carbons (Fsp3) is 0.429. The van der Waals surface area contributed by atoms with E-state index in [4.69, 9.17) is 4.52 Å². The Morgan fingerprint density at radius 2 is 2.22 bits per heavy atom. The van der Waals surface area contributed by atoms with E-state index in [0.717, 1.165) is 18.1 Å². The fourth-order valence-corrected chi connectivity index (χ4v) is 2.26. The molecule has 94 valence electrons. The first-order chi connectivity index (χ1) is 8.74. The third kappa shape index (κ3) is 2.04. The van der Waals surface area contributed by atoms with E-state index in [-0.39, 0.29) is 0 Å². The van der Waals surface area contributed by atoms with Crippen molar-refractivity contribution >= 4 is 0 Å². The molecule has 0 radical (unpaired) electrons. The first-order valence-corrected chi connectivity index (χ1v) is 6.37. The zero-order valence-corrected chi connectivity index (χ0v) is 10.7. The first kappa shape index (κ1) is 11.4. The van der Waals surface area contributed by atoms with Crippen molar-refractivity contribution in [2.75, 3.05) is 0 Å². The van der Waals surface area contributed by atoms with Crippen LogP contribution in [0.4, 0.5) is 0 Å². The predicted octanol–water partition coefficient (Wildman–Crippen LogP) is 2.26. The summed E-state index contributed by atoms with van der Waals surface area (Å²) in [6.07, 6.45) is 1.01. The molecule has 0 saturated heterocycles. The number of fused-ring (bicyclic) bond motifs is 1. The summed E-state index contributed by atoms with van der Waals surface area (Å²) in [6, 6.07) is 8.85. The van der Waals surface area contributed by atoms with Crippen molar-refractivity contribution in [3.8, 4) is 0 Å². The molecule has 3 rings (SSSR count). The molecule has 0 saturated carbocycles. The van der Waals surface area contributed by atoms with Crippen molar-refractivity contribution in [2.24, 2.45) is 0 Å². The van der Waals surface area contributed by atoms with Crippen LogP contribution in [0.3, 0.4) is 0 Å². The SMILES string of the molecule is CC(C)NCc1noc(C2Cc3ccccc32)n1. The second kappa shape index (κ2) is 4.53. The van der Waals surface area contributed by atoms with Crippen LogP contribution in [0, 0.1) is 0 Å². The van der Waals surface area contributed by atoms with Gasteiger partial charge in [0.2, 0.25) is 5.89 Å². The quantitative estimate of drug-likeness (QED) is 0.895. The third-order valence-electron chi connectivity index (χ3n) is 3.30. The van der Waals surface area contributed by atoms with Crippen LogP contribution in [0.2, 0.25) is 0 Å². The summed E-state index contributed by atoms with van der Waals surface area (Å²) >= 11 is 0. The summed E-state index contributed by atoms with van der Waals surface area (Å²) in [5, 5.41) is 7.30. The molecule has 2 aromatic rings. The predicted molar refractivity (Wildman–Crippen MR) is 68.3 cm³/mol. The lowest BCUT2D eigenvalue weighted by Gasteiger charge is -2.26. The molecule has 4 heteroatoms. The molecule has 0 aliphatic heterocycles. The molecule has 1 aromatic heterocycles. The highest BCUT2D eigenvalue weighted by atomic mass is 16.5. The normalized spacial score (nSPS) is 17.6. The van der Waals surface area contributed by atoms with Gasteiger partial charge < -0.3 is 9.84 Å². The highest BCUT2D eigenvalue weighted by Crippen LogP contribution is 2.38. The summed E-state index contributed by atoms with van der Waals surface area (Å²) in [7, 11) is 0. The van der Waals surface area contributed by atoms with Crippen molar-refractivity contribution in [2.45, 2.75) is 38.8 Å². The van der Waals surface area contributed by atoms with Gasteiger partial charge in [0.15, 0.2) is 5.82 Å². The van der Waals surface area contributed by atoms with Crippen molar-refractivity contribution < 1.29 is 4.52 Å². The monoisotopic (exact) mass is 243 g/mol. The summed E-state index contributed by atoms with van der Waals surface area (Å²) < 4.78 is 5.36. The van der Waals surface area contributed by atoms with Crippen LogP contribution >= 0.6 is 0 Å². The molecule has 0 amide bonds. The minimum Gasteiger partial charge on any atom is -0.339 e. The summed E-state index contributed by atoms with van der Waals surface area (Å²) in [5.41, 5.74) is 2.71. The molecule has 18 heavy (non-hydrogen) atoms. The van der Waals surface area contributed by atoms with E-state index in [9.17, 15) is 0 Å². The number of rotatable bonds is 4. The van der Waals surface area contributed by atoms with E-state index in [1.165, 1.54) is 11.1 Å². The molecule has 1 aromatic carbocycles. The second-order valence-corrected chi connectivity index (χ2v) is 5.04. The van der Waals surface area contributed by atoms with Gasteiger partial charge in [-0.25, -0.2) is 0 Å². The van der Waals surface area contributed by atoms with Crippen molar-refractivity contribution in [1.82, 2.24) is 15.5 Å². The Morgan fingerprint density at radius 3 is 3.00 bits per heavy atom. The molecule has 1 aliphatic rings. The molecule has 1 aliphatic carbocycles. The van der Waals surface area contributed by atoms with Gasteiger partial charge in [-0.05, 0) is 17.5 Å². The van der Waals surface area contributed by atoms with Crippen LogP contribution < -0.4 is 5.32 Å². The maximum atomic E-state index is 5.36. The van der Waals surface area contributed by atoms with Gasteiger partial charge >= 0.3 is 0 Å². The maximum Gasteiger partial charge on any atom is 0.234 e. The molecule has 1 atom stereocenters. The van der Waals surface area contributed by atoms with Gasteiger partial charge in [0.25, 0.3) is 0 Å². The molecular formula is C14H17N3O. The molecule has 0 spiro atoms. The van der Waals surface area contributed by atoms with Crippen LogP contribution in [-0.4, -0.2) is 16.2 Å². The van der Waals surface area contributed by atoms with Crippen LogP contribution in [0.1, 0.15) is 42.6 Å². The molecule has 1 N–H and O–H groups in total. The van der Waals surface area contributed by atoms with Gasteiger partial charge in [-0.3, -0.25) is 0 Å². The summed E-state index contributed by atoms with van der Waals surface area (Å²) in [5.74, 6) is 1.78. The number of nitrogens with zero attached hydrogens (tertiary/aromatic N) is 2. The molecule has 0 bridgehead atoms. The third-order valence-corrected chi connectivity index (χ3v) is 3.30. The minimum absolute atomic E-state index is 0.293. The lowest BCUT2D eigenvalue weighted by molar-refractivity contribution is 0.350. The number of hydrogen-bond acceptors (Lipinski definition) is 4. The smallest absolute Gasteiger partial charge is 0.234 e. The minimum atomic E-state index is 0.293. The van der Waals surface area contributed by atoms with Gasteiger partial charge in [-0.1, -0.05) is 43.3 Å². The summed E-state index contributed by atoms with van der Waals surface area (Å²) in [4.78, 5) is 4.46. The van der Waals surface area contributed by atoms with Crippen molar-refractivity contribution in [1.29, 1.82) is 0 Å². The average Bonchev–Trinajstić information content (AvgIpc) is 2.77. The van der Waals surface area contributed by atoms with Crippen LogP contribution in [0.15, 0.2) is 28.8 Å². The van der Waals surface area contributed by atoms with Gasteiger partial charge in [0, 0.05) is 6.04 Å². The second-order valence-electron chi connectivity index (χ2n) is 5.04. The number of aromatic nitrogens is 2. The van der Waals surface area contributed by atoms with Crippen LogP contribution in [-0.2, 0) is 13.0 Å². The van der Waals surface area contributed by atoms with Crippen molar-refractivity contribution in [3.05, 3.63) is 47.1 Å². The largest absolute Gasteiger partial charge is 0.339 e. The van der Waals surface area contributed by atoms with Gasteiger partial charge in [-0.2, -0.15) is 4.98 Å². The Bertz CT molecular complexity index is 547. The van der Waals surface area contributed by atoms with E-state index in [1.807, 2.05) is 0 Å². The Morgan fingerprint density at radius 1 is 1.39 bits per heavy atom. The van der Waals surface area contributed by atoms with E-state index in [0.29, 0.717) is 18.5 Å². The zero-order valence-electron chi connectivity index (χ0n) is 10.7. The lowest BCUT2D eigenvalue weighted by Crippen LogP contribution is -2.22. The van der Waals surface area contributed by atoms with Gasteiger partial charge in [-0.15, -0.1) is 0 Å². The van der Waals surface area contributed by atoms with Crippen LogP contribution in [0.5, 0.6) is 0 Å². The average molecular weight is 243 g/mol. The Balaban J connectivity index is 1.72. The van der Waals surface area contributed by atoms with Gasteiger partial charge in [0.1, 0.15) is 0 Å². The van der Waals surface area contributed by atoms with Crippen LogP contribution in [0.25, 0.3) is 0 Å². The van der Waals surface area contributed by atoms with E-state index < -0.39 is 0 Å². The Hall–Kier alpha value is -1.68. The first-order valence-electron chi connectivity index (χ1n) is 6.37. The highest BCUT2D eigenvalue weighted by molar-refractivity contribution is 5.43. The van der Waals surface area contributed by atoms with Crippen molar-refractivity contribution in [3.63, 3.8) is 0 Å². The molecule has 1 heterocycles. The topological polar surface area (TPSA) is 51.0 Å². The molecule has 1 unspecified atom stereocenters. The van der Waals surface area contributed by atoms with E-state index in [1.54, 1.807) is 0 Å². The highest BCUT2D eigenvalue weighted by Gasteiger charge is 2.31. The summed E-state index contributed by atoms with van der Waals surface area (Å²) in [6.45, 7) is 4.86. The van der Waals surface area contributed by atoms with E-state index >= 15 is 0 Å². The standard InChI is InChI=1S/C14H17N3O/c1-9(2)15-8-13-16-14(18-17-13)12-7-10-5-3-4-6-11(10)12/h3-6,9,12,15H,7-8H2,1-2H3. The Kier molecular flexibility index (Phi) is 2.88. The Labute approximate surface area is 106 Å². The van der Waals surface area contributed by atoms with Gasteiger partial charge in [0.05, 0.1) is 12.5 Å².